The molecule has 0 bridgehead atoms. The molecule has 0 fully saturated rings. The predicted molar refractivity (Wildman–Crippen MR) is 164 cm³/mol. The Morgan fingerprint density at radius 3 is 2.12 bits per heavy atom. The van der Waals surface area contributed by atoms with E-state index in [9.17, 15) is 18.0 Å². The van der Waals surface area contributed by atoms with Crippen LogP contribution in [-0.2, 0) is 26.2 Å². The number of unbranched alkanes of at least 4 members (excludes halogenated alkanes) is 1. The van der Waals surface area contributed by atoms with E-state index in [0.717, 1.165) is 33.8 Å². The van der Waals surface area contributed by atoms with Gasteiger partial charge in [0.25, 0.3) is 10.0 Å². The summed E-state index contributed by atoms with van der Waals surface area (Å²) in [5, 5.41) is 2.95. The van der Waals surface area contributed by atoms with Crippen LogP contribution < -0.4 is 9.62 Å². The van der Waals surface area contributed by atoms with Crippen molar-refractivity contribution in [3.05, 3.63) is 94.0 Å². The summed E-state index contributed by atoms with van der Waals surface area (Å²) in [6.45, 7) is 7.99. The molecule has 3 rings (SSSR count). The summed E-state index contributed by atoms with van der Waals surface area (Å²) in [4.78, 5) is 28.9. The largest absolute Gasteiger partial charge is 0.354 e. The second kappa shape index (κ2) is 14.5. The minimum atomic E-state index is -4.10. The molecule has 0 unspecified atom stereocenters. The van der Waals surface area contributed by atoms with Crippen molar-refractivity contribution < 1.29 is 18.0 Å². The van der Waals surface area contributed by atoms with Gasteiger partial charge < -0.3 is 10.2 Å². The lowest BCUT2D eigenvalue weighted by atomic mass is 10.1. The van der Waals surface area contributed by atoms with E-state index < -0.39 is 28.5 Å². The summed E-state index contributed by atoms with van der Waals surface area (Å²) in [6.07, 6.45) is 2.15. The molecule has 3 aromatic carbocycles. The molecule has 9 heteroatoms. The molecule has 0 heterocycles. The van der Waals surface area contributed by atoms with Crippen LogP contribution in [0.3, 0.4) is 0 Å². The van der Waals surface area contributed by atoms with E-state index in [1.807, 2.05) is 52.0 Å². The minimum absolute atomic E-state index is 0.0836. The number of carbonyl (C=O) groups is 2. The van der Waals surface area contributed by atoms with E-state index in [4.69, 9.17) is 0 Å². The maximum atomic E-state index is 14.1. The Bertz CT molecular complexity index is 1390. The van der Waals surface area contributed by atoms with Crippen LogP contribution in [0.4, 0.5) is 5.69 Å². The maximum Gasteiger partial charge on any atom is 0.264 e. The molecule has 0 aromatic heterocycles. The fourth-order valence-corrected chi connectivity index (χ4v) is 6.11. The second-order valence-electron chi connectivity index (χ2n) is 9.88. The highest BCUT2D eigenvalue weighted by molar-refractivity contribution is 9.10. The van der Waals surface area contributed by atoms with E-state index in [0.29, 0.717) is 23.1 Å². The van der Waals surface area contributed by atoms with Crippen LogP contribution in [0.1, 0.15) is 49.8 Å². The highest BCUT2D eigenvalue weighted by atomic mass is 79.9. The molecule has 0 saturated heterocycles. The molecule has 7 nitrogen and oxygen atoms in total. The lowest BCUT2D eigenvalue weighted by Gasteiger charge is -2.33. The Morgan fingerprint density at radius 1 is 0.925 bits per heavy atom. The number of halogens is 1. The first kappa shape index (κ1) is 31.4. The second-order valence-corrected chi connectivity index (χ2v) is 12.7. The van der Waals surface area contributed by atoms with Gasteiger partial charge in [0.15, 0.2) is 0 Å². The molecule has 40 heavy (non-hydrogen) atoms. The van der Waals surface area contributed by atoms with Gasteiger partial charge in [-0.05, 0) is 62.6 Å². The van der Waals surface area contributed by atoms with E-state index in [1.165, 1.54) is 4.90 Å². The molecule has 214 valence electrons. The number of benzene rings is 3. The number of aryl methyl sites for hydroxylation is 2. The van der Waals surface area contributed by atoms with Gasteiger partial charge in [0.05, 0.1) is 10.6 Å². The number of sulfonamides is 1. The first-order valence-electron chi connectivity index (χ1n) is 13.5. The fraction of sp³-hybridized carbons (Fsp3) is 0.355. The van der Waals surface area contributed by atoms with Crippen LogP contribution in [-0.4, -0.2) is 44.3 Å². The van der Waals surface area contributed by atoms with Crippen molar-refractivity contribution in [1.29, 1.82) is 0 Å². The summed E-state index contributed by atoms with van der Waals surface area (Å²) in [6, 6.07) is 20.4. The molecule has 1 atom stereocenters. The molecule has 0 aliphatic rings. The SMILES string of the molecule is CCCCNC(=O)[C@@H](CC)N(Cc1ccc(C)cc1)C(=O)CN(c1cccc(Br)c1)S(=O)(=O)c1ccc(C)cc1. The average molecular weight is 629 g/mol. The van der Waals surface area contributed by atoms with Crippen LogP contribution in [0.15, 0.2) is 82.2 Å². The average Bonchev–Trinajstić information content (AvgIpc) is 2.93. The van der Waals surface area contributed by atoms with E-state index >= 15 is 0 Å². The number of hydrogen-bond donors (Lipinski definition) is 1. The van der Waals surface area contributed by atoms with Gasteiger partial charge in [0, 0.05) is 17.6 Å². The van der Waals surface area contributed by atoms with Crippen LogP contribution in [0.2, 0.25) is 0 Å². The molecule has 1 N–H and O–H groups in total. The number of carbonyl (C=O) groups excluding carboxylic acids is 2. The van der Waals surface area contributed by atoms with E-state index in [2.05, 4.69) is 21.2 Å². The summed E-state index contributed by atoms with van der Waals surface area (Å²) in [5.41, 5.74) is 3.21. The van der Waals surface area contributed by atoms with Gasteiger partial charge in [0.2, 0.25) is 11.8 Å². The number of amides is 2. The lowest BCUT2D eigenvalue weighted by molar-refractivity contribution is -0.140. The highest BCUT2D eigenvalue weighted by Crippen LogP contribution is 2.27. The zero-order chi connectivity index (χ0) is 29.3. The van der Waals surface area contributed by atoms with E-state index in [1.54, 1.807) is 48.5 Å². The van der Waals surface area contributed by atoms with Crippen LogP contribution >= 0.6 is 15.9 Å². The van der Waals surface area contributed by atoms with Gasteiger partial charge in [-0.2, -0.15) is 0 Å². The Kier molecular flexibility index (Phi) is 11.3. The normalized spacial score (nSPS) is 12.0. The zero-order valence-corrected chi connectivity index (χ0v) is 26.0. The number of rotatable bonds is 13. The van der Waals surface area contributed by atoms with Crippen molar-refractivity contribution in [2.75, 3.05) is 17.4 Å². The Balaban J connectivity index is 2.03. The van der Waals surface area contributed by atoms with Gasteiger partial charge in [-0.25, -0.2) is 8.42 Å². The smallest absolute Gasteiger partial charge is 0.264 e. The third-order valence-electron chi connectivity index (χ3n) is 6.67. The fourth-order valence-electron chi connectivity index (χ4n) is 4.31. The molecule has 0 spiro atoms. The van der Waals surface area contributed by atoms with E-state index in [-0.39, 0.29) is 17.3 Å². The number of nitrogens with one attached hydrogen (secondary N) is 1. The molecule has 0 radical (unpaired) electrons. The topological polar surface area (TPSA) is 86.8 Å². The monoisotopic (exact) mass is 627 g/mol. The van der Waals surface area contributed by atoms with Crippen molar-refractivity contribution in [3.8, 4) is 0 Å². The predicted octanol–water partition coefficient (Wildman–Crippen LogP) is 5.98. The van der Waals surface area contributed by atoms with Gasteiger partial charge in [-0.15, -0.1) is 0 Å². The Morgan fingerprint density at radius 2 is 1.55 bits per heavy atom. The maximum absolute atomic E-state index is 14.1. The van der Waals surface area contributed by atoms with Crippen LogP contribution in [0, 0.1) is 13.8 Å². The standard InChI is InChI=1S/C31H38BrN3O4S/c1-5-7-19-33-31(37)29(6-2)34(21-25-15-11-23(3)12-16-25)30(36)22-35(27-10-8-9-26(32)20-27)40(38,39)28-17-13-24(4)14-18-28/h8-18,20,29H,5-7,19,21-22H2,1-4H3,(H,33,37)/t29-/m1/s1. The first-order valence-corrected chi connectivity index (χ1v) is 15.8. The third-order valence-corrected chi connectivity index (χ3v) is 8.95. The number of nitrogens with zero attached hydrogens (tertiary/aromatic N) is 2. The van der Waals surface area contributed by atoms with Gasteiger partial charge >= 0.3 is 0 Å². The van der Waals surface area contributed by atoms with Gasteiger partial charge in [-0.3, -0.25) is 13.9 Å². The third kappa shape index (κ3) is 8.17. The molecule has 0 aliphatic carbocycles. The highest BCUT2D eigenvalue weighted by Gasteiger charge is 2.33. The molecular weight excluding hydrogens is 590 g/mol. The van der Waals surface area contributed by atoms with Crippen molar-refractivity contribution in [2.24, 2.45) is 0 Å². The van der Waals surface area contributed by atoms with Crippen molar-refractivity contribution in [2.45, 2.75) is 64.4 Å². The minimum Gasteiger partial charge on any atom is -0.354 e. The van der Waals surface area contributed by atoms with Crippen molar-refractivity contribution in [1.82, 2.24) is 10.2 Å². The van der Waals surface area contributed by atoms with Crippen molar-refractivity contribution in [3.63, 3.8) is 0 Å². The van der Waals surface area contributed by atoms with Gasteiger partial charge in [0.1, 0.15) is 12.6 Å². The Labute approximate surface area is 246 Å². The summed E-state index contributed by atoms with van der Waals surface area (Å²) in [7, 11) is -4.10. The number of hydrogen-bond acceptors (Lipinski definition) is 4. The zero-order valence-electron chi connectivity index (χ0n) is 23.6. The summed E-state index contributed by atoms with van der Waals surface area (Å²) in [5.74, 6) is -0.708. The molecular formula is C31H38BrN3O4S. The number of anilines is 1. The van der Waals surface area contributed by atoms with Crippen molar-refractivity contribution >= 4 is 43.5 Å². The summed E-state index contributed by atoms with van der Waals surface area (Å²) >= 11 is 3.42. The molecule has 0 saturated carbocycles. The van der Waals surface area contributed by atoms with Gasteiger partial charge in [-0.1, -0.05) is 89.8 Å². The van der Waals surface area contributed by atoms with Crippen LogP contribution in [0.25, 0.3) is 0 Å². The lowest BCUT2D eigenvalue weighted by Crippen LogP contribution is -2.52. The Hall–Kier alpha value is -3.17. The van der Waals surface area contributed by atoms with Crippen LogP contribution in [0.5, 0.6) is 0 Å². The molecule has 0 aliphatic heterocycles. The molecule has 3 aromatic rings. The quantitative estimate of drug-likeness (QED) is 0.236. The summed E-state index contributed by atoms with van der Waals surface area (Å²) < 4.78 is 29.6. The molecule has 2 amide bonds. The first-order chi connectivity index (χ1) is 19.1.